The van der Waals surface area contributed by atoms with Crippen LogP contribution in [0.4, 0.5) is 0 Å². The Labute approximate surface area is 128 Å². The predicted octanol–water partition coefficient (Wildman–Crippen LogP) is 3.40. The molecule has 0 amide bonds. The van der Waals surface area contributed by atoms with Gasteiger partial charge < -0.3 is 15.6 Å². The van der Waals surface area contributed by atoms with Crippen LogP contribution in [-0.2, 0) is 6.42 Å². The van der Waals surface area contributed by atoms with Crippen LogP contribution in [0.25, 0.3) is 0 Å². The van der Waals surface area contributed by atoms with Crippen molar-refractivity contribution in [1.29, 1.82) is 0 Å². The number of halogens is 1. The first-order valence-electron chi connectivity index (χ1n) is 6.48. The molecule has 0 radical (unpaired) electrons. The lowest BCUT2D eigenvalue weighted by molar-refractivity contribution is 0.181. The molecule has 5 heteroatoms. The van der Waals surface area contributed by atoms with E-state index in [4.69, 9.17) is 27.2 Å². The molecule has 0 spiro atoms. The van der Waals surface area contributed by atoms with Crippen LogP contribution < -0.4 is 10.5 Å². The highest BCUT2D eigenvalue weighted by atomic mass is 35.5. The highest BCUT2D eigenvalue weighted by molar-refractivity contribution is 7.16. The zero-order valence-corrected chi connectivity index (χ0v) is 12.8. The van der Waals surface area contributed by atoms with Gasteiger partial charge >= 0.3 is 0 Å². The Balaban J connectivity index is 2.25. The van der Waals surface area contributed by atoms with E-state index < -0.39 is 0 Å². The second-order valence-corrected chi connectivity index (χ2v) is 6.37. The quantitative estimate of drug-likeness (QED) is 0.859. The third-order valence-electron chi connectivity index (χ3n) is 2.96. The van der Waals surface area contributed by atoms with Crippen molar-refractivity contribution in [2.75, 3.05) is 6.61 Å². The number of aliphatic hydroxyl groups excluding tert-OH is 1. The lowest BCUT2D eigenvalue weighted by Crippen LogP contribution is -2.28. The largest absolute Gasteiger partial charge is 0.483 e. The van der Waals surface area contributed by atoms with Crippen LogP contribution in [-0.4, -0.2) is 17.8 Å². The zero-order valence-electron chi connectivity index (χ0n) is 11.3. The van der Waals surface area contributed by atoms with E-state index in [1.165, 1.54) is 11.3 Å². The van der Waals surface area contributed by atoms with E-state index in [1.807, 2.05) is 43.3 Å². The van der Waals surface area contributed by atoms with Gasteiger partial charge in [-0.15, -0.1) is 11.3 Å². The van der Waals surface area contributed by atoms with E-state index in [2.05, 4.69) is 0 Å². The molecular formula is C15H18ClNO2S. The molecule has 0 aliphatic carbocycles. The summed E-state index contributed by atoms with van der Waals surface area (Å²) in [5, 5.41) is 9.11. The zero-order chi connectivity index (χ0) is 14.5. The lowest BCUT2D eigenvalue weighted by Gasteiger charge is -2.23. The van der Waals surface area contributed by atoms with Crippen molar-refractivity contribution in [3.63, 3.8) is 0 Å². The van der Waals surface area contributed by atoms with Crippen LogP contribution in [0.1, 0.15) is 23.5 Å². The van der Waals surface area contributed by atoms with Gasteiger partial charge in [0.05, 0.1) is 4.34 Å². The van der Waals surface area contributed by atoms with E-state index in [1.54, 1.807) is 0 Å². The first-order chi connectivity index (χ1) is 9.61. The topological polar surface area (TPSA) is 55.5 Å². The minimum atomic E-state index is -0.243. The fraction of sp³-hybridized carbons (Fsp3) is 0.333. The highest BCUT2D eigenvalue weighted by Crippen LogP contribution is 2.33. The van der Waals surface area contributed by atoms with Crippen molar-refractivity contribution in [3.8, 4) is 5.75 Å². The summed E-state index contributed by atoms with van der Waals surface area (Å²) in [6.07, 6.45) is 0.319. The summed E-state index contributed by atoms with van der Waals surface area (Å²) in [5.41, 5.74) is 7.01. The van der Waals surface area contributed by atoms with Gasteiger partial charge in [-0.3, -0.25) is 0 Å². The minimum absolute atomic E-state index is 0.0913. The normalized spacial score (nSPS) is 14.0. The number of hydrogen-bond donors (Lipinski definition) is 2. The molecule has 3 nitrogen and oxygen atoms in total. The van der Waals surface area contributed by atoms with Crippen LogP contribution in [0.15, 0.2) is 36.4 Å². The monoisotopic (exact) mass is 311 g/mol. The maximum Gasteiger partial charge on any atom is 0.148 e. The molecule has 2 unspecified atom stereocenters. The maximum absolute atomic E-state index is 9.11. The van der Waals surface area contributed by atoms with Crippen molar-refractivity contribution in [2.45, 2.75) is 25.5 Å². The summed E-state index contributed by atoms with van der Waals surface area (Å²) < 4.78 is 6.79. The smallest absolute Gasteiger partial charge is 0.148 e. The molecular weight excluding hydrogens is 294 g/mol. The Morgan fingerprint density at radius 2 is 2.05 bits per heavy atom. The van der Waals surface area contributed by atoms with Gasteiger partial charge in [0.15, 0.2) is 0 Å². The molecule has 20 heavy (non-hydrogen) atoms. The van der Waals surface area contributed by atoms with Crippen molar-refractivity contribution in [2.24, 2.45) is 5.73 Å². The molecule has 3 N–H and O–H groups in total. The highest BCUT2D eigenvalue weighted by Gasteiger charge is 2.21. The van der Waals surface area contributed by atoms with Crippen molar-refractivity contribution < 1.29 is 9.84 Å². The third kappa shape index (κ3) is 3.73. The Morgan fingerprint density at radius 1 is 1.30 bits per heavy atom. The first kappa shape index (κ1) is 15.3. The van der Waals surface area contributed by atoms with Gasteiger partial charge in [-0.05, 0) is 37.1 Å². The van der Waals surface area contributed by atoms with E-state index in [9.17, 15) is 0 Å². The number of hydrogen-bond acceptors (Lipinski definition) is 4. The van der Waals surface area contributed by atoms with E-state index in [0.29, 0.717) is 6.42 Å². The Bertz CT molecular complexity index is 556. The summed E-state index contributed by atoms with van der Waals surface area (Å²) in [7, 11) is 0. The van der Waals surface area contributed by atoms with Crippen molar-refractivity contribution in [1.82, 2.24) is 0 Å². The fourth-order valence-electron chi connectivity index (χ4n) is 1.99. The number of rotatable bonds is 6. The van der Waals surface area contributed by atoms with Gasteiger partial charge in [-0.1, -0.05) is 29.8 Å². The number of aliphatic hydroxyl groups is 1. The SMILES string of the molecule is CC(N)C(Oc1ccccc1CCO)c1ccc(Cl)s1. The summed E-state index contributed by atoms with van der Waals surface area (Å²) in [5.74, 6) is 0.758. The van der Waals surface area contributed by atoms with Crippen molar-refractivity contribution >= 4 is 22.9 Å². The molecule has 2 rings (SSSR count). The van der Waals surface area contributed by atoms with E-state index >= 15 is 0 Å². The molecule has 1 aromatic heterocycles. The number of ether oxygens (including phenoxy) is 1. The Morgan fingerprint density at radius 3 is 2.65 bits per heavy atom. The molecule has 2 aromatic rings. The molecule has 0 fully saturated rings. The average Bonchev–Trinajstić information content (AvgIpc) is 2.84. The molecule has 108 valence electrons. The standard InChI is InChI=1S/C15H18ClNO2S/c1-10(17)15(13-6-7-14(16)20-13)19-12-5-3-2-4-11(12)8-9-18/h2-7,10,15,18H,8-9,17H2,1H3. The maximum atomic E-state index is 9.11. The summed E-state index contributed by atoms with van der Waals surface area (Å²) in [6, 6.07) is 11.3. The number of benzene rings is 1. The lowest BCUT2D eigenvalue weighted by atomic mass is 10.1. The molecule has 1 aromatic carbocycles. The van der Waals surface area contributed by atoms with Crippen LogP contribution in [0.5, 0.6) is 5.75 Å². The van der Waals surface area contributed by atoms with Gasteiger partial charge in [-0.25, -0.2) is 0 Å². The van der Waals surface area contributed by atoms with Gasteiger partial charge in [0.1, 0.15) is 11.9 Å². The van der Waals surface area contributed by atoms with Gasteiger partial charge in [0.2, 0.25) is 0 Å². The van der Waals surface area contributed by atoms with E-state index in [-0.39, 0.29) is 18.8 Å². The summed E-state index contributed by atoms with van der Waals surface area (Å²) in [4.78, 5) is 1.00. The van der Waals surface area contributed by atoms with Crippen LogP contribution in [0, 0.1) is 0 Å². The molecule has 0 bridgehead atoms. The van der Waals surface area contributed by atoms with E-state index in [0.717, 1.165) is 20.5 Å². The molecule has 0 aliphatic heterocycles. The Hall–Kier alpha value is -1.07. The average molecular weight is 312 g/mol. The molecule has 2 atom stereocenters. The Kier molecular flexibility index (Phi) is 5.43. The molecule has 0 aliphatic rings. The predicted molar refractivity (Wildman–Crippen MR) is 83.6 cm³/mol. The molecule has 0 saturated heterocycles. The molecule has 1 heterocycles. The van der Waals surface area contributed by atoms with Gasteiger partial charge in [0, 0.05) is 17.5 Å². The molecule has 0 saturated carbocycles. The number of nitrogens with two attached hydrogens (primary N) is 1. The minimum Gasteiger partial charge on any atom is -0.483 e. The number of thiophene rings is 1. The van der Waals surface area contributed by atoms with Gasteiger partial charge in [0.25, 0.3) is 0 Å². The second kappa shape index (κ2) is 7.09. The van der Waals surface area contributed by atoms with Crippen molar-refractivity contribution in [3.05, 3.63) is 51.2 Å². The number of para-hydroxylation sites is 1. The van der Waals surface area contributed by atoms with Crippen LogP contribution >= 0.6 is 22.9 Å². The second-order valence-electron chi connectivity index (χ2n) is 4.62. The summed E-state index contributed by atoms with van der Waals surface area (Å²) >= 11 is 7.46. The third-order valence-corrected chi connectivity index (χ3v) is 4.25. The van der Waals surface area contributed by atoms with Gasteiger partial charge in [-0.2, -0.15) is 0 Å². The van der Waals surface area contributed by atoms with Crippen LogP contribution in [0.3, 0.4) is 0 Å². The summed E-state index contributed by atoms with van der Waals surface area (Å²) in [6.45, 7) is 2.00. The fourth-order valence-corrected chi connectivity index (χ4v) is 3.19. The first-order valence-corrected chi connectivity index (χ1v) is 7.67. The van der Waals surface area contributed by atoms with Crippen LogP contribution in [0.2, 0.25) is 4.34 Å².